The van der Waals surface area contributed by atoms with Crippen molar-refractivity contribution in [3.63, 3.8) is 0 Å². The zero-order valence-corrected chi connectivity index (χ0v) is 11.5. The number of aliphatic imine (C=N–C) groups is 1. The summed E-state index contributed by atoms with van der Waals surface area (Å²) in [6, 6.07) is 17.2. The molecule has 4 heteroatoms. The van der Waals surface area contributed by atoms with Crippen LogP contribution in [0.5, 0.6) is 5.75 Å². The van der Waals surface area contributed by atoms with Crippen molar-refractivity contribution in [3.8, 4) is 11.8 Å². The molecule has 21 heavy (non-hydrogen) atoms. The van der Waals surface area contributed by atoms with Gasteiger partial charge in [0.1, 0.15) is 17.7 Å². The molecule has 0 bridgehead atoms. The summed E-state index contributed by atoms with van der Waals surface area (Å²) in [5.41, 5.74) is 9.62. The normalized spacial score (nSPS) is 15.0. The number of rotatable bonds is 2. The molecule has 0 fully saturated rings. The molecule has 0 saturated heterocycles. The maximum absolute atomic E-state index is 9.53. The lowest BCUT2D eigenvalue weighted by molar-refractivity contribution is 0.415. The number of amidine groups is 1. The number of nitrogens with zero attached hydrogens (tertiary/aromatic N) is 2. The molecule has 0 aromatic heterocycles. The smallest absolute Gasteiger partial charge is 0.132 e. The largest absolute Gasteiger partial charge is 0.497 e. The molecular weight excluding hydrogens is 262 g/mol. The first-order chi connectivity index (χ1) is 10.2. The minimum absolute atomic E-state index is 0.446. The van der Waals surface area contributed by atoms with Crippen LogP contribution in [0.25, 0.3) is 11.3 Å². The van der Waals surface area contributed by atoms with E-state index in [2.05, 4.69) is 11.1 Å². The van der Waals surface area contributed by atoms with Gasteiger partial charge in [0, 0.05) is 11.1 Å². The van der Waals surface area contributed by atoms with Crippen molar-refractivity contribution in [3.05, 3.63) is 65.2 Å². The number of allylic oxidation sites excluding steroid dienone is 1. The third-order valence-corrected chi connectivity index (χ3v) is 3.42. The van der Waals surface area contributed by atoms with Crippen LogP contribution >= 0.6 is 0 Å². The molecule has 2 N–H and O–H groups in total. The summed E-state index contributed by atoms with van der Waals surface area (Å²) in [5, 5.41) is 9.53. The van der Waals surface area contributed by atoms with E-state index in [4.69, 9.17) is 10.5 Å². The van der Waals surface area contributed by atoms with Gasteiger partial charge in [-0.1, -0.05) is 24.3 Å². The van der Waals surface area contributed by atoms with Crippen LogP contribution in [0, 0.1) is 11.3 Å². The molecule has 2 aromatic carbocycles. The number of fused-ring (bicyclic) bond motifs is 1. The van der Waals surface area contributed by atoms with Crippen molar-refractivity contribution in [2.24, 2.45) is 10.7 Å². The van der Waals surface area contributed by atoms with Crippen molar-refractivity contribution < 1.29 is 4.74 Å². The second-order valence-electron chi connectivity index (χ2n) is 4.61. The van der Waals surface area contributed by atoms with Gasteiger partial charge in [0.05, 0.1) is 18.4 Å². The van der Waals surface area contributed by atoms with Crippen LogP contribution in [0.15, 0.2) is 53.5 Å². The van der Waals surface area contributed by atoms with Gasteiger partial charge in [-0.2, -0.15) is 5.26 Å². The molecule has 3 rings (SSSR count). The molecule has 1 aliphatic heterocycles. The van der Waals surface area contributed by atoms with E-state index in [1.807, 2.05) is 48.5 Å². The van der Waals surface area contributed by atoms with Gasteiger partial charge in [-0.05, 0) is 29.8 Å². The van der Waals surface area contributed by atoms with E-state index in [1.54, 1.807) is 7.11 Å². The van der Waals surface area contributed by atoms with Crippen LogP contribution < -0.4 is 10.5 Å². The van der Waals surface area contributed by atoms with Gasteiger partial charge >= 0.3 is 0 Å². The van der Waals surface area contributed by atoms with E-state index in [0.717, 1.165) is 22.4 Å². The van der Waals surface area contributed by atoms with Gasteiger partial charge in [-0.15, -0.1) is 0 Å². The molecule has 4 nitrogen and oxygen atoms in total. The van der Waals surface area contributed by atoms with Crippen LogP contribution in [0.4, 0.5) is 0 Å². The molecule has 0 unspecified atom stereocenters. The summed E-state index contributed by atoms with van der Waals surface area (Å²) >= 11 is 0. The summed E-state index contributed by atoms with van der Waals surface area (Å²) < 4.78 is 5.13. The van der Waals surface area contributed by atoms with Gasteiger partial charge in [-0.3, -0.25) is 0 Å². The minimum atomic E-state index is 0.446. The number of nitriles is 1. The Morgan fingerprint density at radius 1 is 1.10 bits per heavy atom. The highest BCUT2D eigenvalue weighted by atomic mass is 16.5. The van der Waals surface area contributed by atoms with E-state index in [-0.39, 0.29) is 0 Å². The van der Waals surface area contributed by atoms with Crippen LogP contribution in [0.1, 0.15) is 16.7 Å². The predicted octanol–water partition coefficient (Wildman–Crippen LogP) is 2.81. The fourth-order valence-electron chi connectivity index (χ4n) is 2.36. The van der Waals surface area contributed by atoms with E-state index >= 15 is 0 Å². The van der Waals surface area contributed by atoms with Gasteiger partial charge in [-0.25, -0.2) is 4.99 Å². The summed E-state index contributed by atoms with van der Waals surface area (Å²) in [6.07, 6.45) is 0. The van der Waals surface area contributed by atoms with Gasteiger partial charge in [0.2, 0.25) is 0 Å². The molecule has 0 amide bonds. The molecule has 1 heterocycles. The number of nitrogens with two attached hydrogens (primary N) is 1. The quantitative estimate of drug-likeness (QED) is 0.857. The highest BCUT2D eigenvalue weighted by Gasteiger charge is 2.21. The Morgan fingerprint density at radius 2 is 1.76 bits per heavy atom. The highest BCUT2D eigenvalue weighted by molar-refractivity contribution is 6.14. The number of hydrogen-bond acceptors (Lipinski definition) is 4. The van der Waals surface area contributed by atoms with Crippen LogP contribution in [-0.2, 0) is 0 Å². The average molecular weight is 275 g/mol. The maximum atomic E-state index is 9.53. The fourth-order valence-corrected chi connectivity index (χ4v) is 2.36. The lowest BCUT2D eigenvalue weighted by Gasteiger charge is -2.05. The van der Waals surface area contributed by atoms with Crippen molar-refractivity contribution in [2.45, 2.75) is 0 Å². The summed E-state index contributed by atoms with van der Waals surface area (Å²) in [5.74, 6) is 1.19. The maximum Gasteiger partial charge on any atom is 0.132 e. The van der Waals surface area contributed by atoms with Crippen molar-refractivity contribution in [1.29, 1.82) is 5.26 Å². The van der Waals surface area contributed by atoms with Crippen LogP contribution in [0.2, 0.25) is 0 Å². The topological polar surface area (TPSA) is 71.4 Å². The first kappa shape index (κ1) is 12.9. The Morgan fingerprint density at radius 3 is 2.38 bits per heavy atom. The van der Waals surface area contributed by atoms with E-state index in [9.17, 15) is 5.26 Å². The second-order valence-corrected chi connectivity index (χ2v) is 4.61. The van der Waals surface area contributed by atoms with Crippen molar-refractivity contribution in [1.82, 2.24) is 0 Å². The van der Waals surface area contributed by atoms with Gasteiger partial charge < -0.3 is 10.5 Å². The average Bonchev–Trinajstić information content (AvgIpc) is 2.86. The minimum Gasteiger partial charge on any atom is -0.497 e. The predicted molar refractivity (Wildman–Crippen MR) is 82.6 cm³/mol. The van der Waals surface area contributed by atoms with Crippen molar-refractivity contribution in [2.75, 3.05) is 7.11 Å². The molecule has 0 radical (unpaired) electrons. The lowest BCUT2D eigenvalue weighted by Crippen LogP contribution is -2.09. The standard InChI is InChI=1S/C17H13N3O/c1-21-12-8-6-11(7-9-12)15(10-18)16-13-4-2-3-5-14(13)17(19)20-16/h2-9H,1H3,(H2,19,20)/b16-15-. The van der Waals surface area contributed by atoms with Crippen LogP contribution in [-0.4, -0.2) is 12.9 Å². The molecule has 2 aromatic rings. The van der Waals surface area contributed by atoms with E-state index in [1.165, 1.54) is 0 Å². The number of ether oxygens (including phenoxy) is 1. The number of methoxy groups -OCH3 is 1. The summed E-state index contributed by atoms with van der Waals surface area (Å²) in [6.45, 7) is 0. The SMILES string of the molecule is COc1ccc(/C(C#N)=C2\N=C(N)c3ccccc32)cc1. The summed E-state index contributed by atoms with van der Waals surface area (Å²) in [7, 11) is 1.61. The fraction of sp³-hybridized carbons (Fsp3) is 0.0588. The van der Waals surface area contributed by atoms with E-state index < -0.39 is 0 Å². The third-order valence-electron chi connectivity index (χ3n) is 3.42. The van der Waals surface area contributed by atoms with Crippen LogP contribution in [0.3, 0.4) is 0 Å². The Kier molecular flexibility index (Phi) is 3.17. The zero-order chi connectivity index (χ0) is 14.8. The zero-order valence-electron chi connectivity index (χ0n) is 11.5. The first-order valence-electron chi connectivity index (χ1n) is 6.47. The molecule has 0 atom stereocenters. The van der Waals surface area contributed by atoms with Crippen molar-refractivity contribution >= 4 is 17.1 Å². The Labute approximate surface area is 122 Å². The highest BCUT2D eigenvalue weighted by Crippen LogP contribution is 2.34. The first-order valence-corrected chi connectivity index (χ1v) is 6.47. The molecule has 0 saturated carbocycles. The molecule has 0 aliphatic carbocycles. The van der Waals surface area contributed by atoms with Gasteiger partial charge in [0.15, 0.2) is 0 Å². The number of benzene rings is 2. The summed E-state index contributed by atoms with van der Waals surface area (Å²) in [4.78, 5) is 4.37. The molecule has 102 valence electrons. The molecule has 1 aliphatic rings. The molecule has 0 spiro atoms. The Balaban J connectivity index is 2.18. The van der Waals surface area contributed by atoms with Gasteiger partial charge in [0.25, 0.3) is 0 Å². The number of hydrogen-bond donors (Lipinski definition) is 1. The Bertz CT molecular complexity index is 796. The monoisotopic (exact) mass is 275 g/mol. The molecular formula is C17H13N3O. The lowest BCUT2D eigenvalue weighted by atomic mass is 9.99. The Hall–Kier alpha value is -3.06. The second kappa shape index (κ2) is 5.14. The third kappa shape index (κ3) is 2.15. The van der Waals surface area contributed by atoms with E-state index in [0.29, 0.717) is 17.1 Å².